The molecule has 0 aliphatic carbocycles. The number of carbonyl (C=O) groups is 2. The van der Waals surface area contributed by atoms with Crippen LogP contribution in [0.3, 0.4) is 0 Å². The van der Waals surface area contributed by atoms with Crippen LogP contribution >= 0.6 is 34.0 Å². The van der Waals surface area contributed by atoms with E-state index in [1.165, 1.54) is 34.0 Å². The molecule has 3 aromatic heterocycles. The van der Waals surface area contributed by atoms with Crippen molar-refractivity contribution in [1.29, 1.82) is 0 Å². The summed E-state index contributed by atoms with van der Waals surface area (Å²) in [6.45, 7) is 8.03. The van der Waals surface area contributed by atoms with Crippen LogP contribution in [0, 0.1) is 0 Å². The van der Waals surface area contributed by atoms with Gasteiger partial charge in [0.1, 0.15) is 15.0 Å². The lowest BCUT2D eigenvalue weighted by atomic mass is 10.1. The van der Waals surface area contributed by atoms with Gasteiger partial charge in [-0.3, -0.25) is 0 Å². The first-order chi connectivity index (χ1) is 16.8. The third-order valence-corrected chi connectivity index (χ3v) is 7.89. The molecular weight excluding hydrogens is 504 g/mol. The van der Waals surface area contributed by atoms with Gasteiger partial charge in [-0.2, -0.15) is 0 Å². The molecule has 0 bridgehead atoms. The van der Waals surface area contributed by atoms with Crippen molar-refractivity contribution in [3.63, 3.8) is 0 Å². The van der Waals surface area contributed by atoms with Crippen LogP contribution in [0.2, 0.25) is 0 Å². The third-order valence-electron chi connectivity index (χ3n) is 4.99. The van der Waals surface area contributed by atoms with Crippen molar-refractivity contribution in [2.75, 3.05) is 24.7 Å². The molecule has 0 aliphatic rings. The van der Waals surface area contributed by atoms with E-state index in [-0.39, 0.29) is 19.2 Å². The van der Waals surface area contributed by atoms with Gasteiger partial charge in [0.05, 0.1) is 39.1 Å². The Morgan fingerprint density at radius 3 is 1.83 bits per heavy atom. The zero-order valence-electron chi connectivity index (χ0n) is 20.0. The molecule has 0 amide bonds. The first-order valence-corrected chi connectivity index (χ1v) is 13.6. The maximum Gasteiger partial charge on any atom is 0.341 e. The zero-order valence-corrected chi connectivity index (χ0v) is 22.5. The molecule has 35 heavy (non-hydrogen) atoms. The smallest absolute Gasteiger partial charge is 0.341 e. The average molecular weight is 533 g/mol. The predicted molar refractivity (Wildman–Crippen MR) is 147 cm³/mol. The predicted octanol–water partition coefficient (Wildman–Crippen LogP) is 6.01. The van der Waals surface area contributed by atoms with Crippen molar-refractivity contribution in [2.45, 2.75) is 40.5 Å². The number of hydrogen-bond acceptors (Lipinski definition) is 11. The van der Waals surface area contributed by atoms with Gasteiger partial charge in [0.2, 0.25) is 0 Å². The quantitative estimate of drug-likeness (QED) is 0.243. The molecule has 3 aromatic rings. The van der Waals surface area contributed by atoms with E-state index < -0.39 is 5.97 Å². The van der Waals surface area contributed by atoms with E-state index in [4.69, 9.17) is 20.9 Å². The van der Waals surface area contributed by atoms with Crippen molar-refractivity contribution in [2.24, 2.45) is 9.98 Å². The molecule has 0 saturated heterocycles. The molecule has 0 atom stereocenters. The van der Waals surface area contributed by atoms with Gasteiger partial charge < -0.3 is 20.9 Å². The molecule has 3 heterocycles. The zero-order chi connectivity index (χ0) is 25.5. The minimum Gasteiger partial charge on any atom is -0.462 e. The van der Waals surface area contributed by atoms with Gasteiger partial charge in [-0.05, 0) is 44.4 Å². The molecule has 0 unspecified atom stereocenters. The second-order valence-electron chi connectivity index (χ2n) is 7.14. The number of aliphatic imine (C=N–C) groups is 2. The van der Waals surface area contributed by atoms with Gasteiger partial charge in [0.25, 0.3) is 0 Å². The Morgan fingerprint density at radius 2 is 1.29 bits per heavy atom. The van der Waals surface area contributed by atoms with Crippen molar-refractivity contribution < 1.29 is 19.1 Å². The van der Waals surface area contributed by atoms with Gasteiger partial charge >= 0.3 is 11.9 Å². The van der Waals surface area contributed by atoms with Crippen LogP contribution in [0.25, 0.3) is 0 Å². The van der Waals surface area contributed by atoms with Gasteiger partial charge in [0, 0.05) is 18.0 Å². The lowest BCUT2D eigenvalue weighted by Crippen LogP contribution is -2.08. The summed E-state index contributed by atoms with van der Waals surface area (Å²) in [5.41, 5.74) is 14.7. The number of carbonyl (C=O) groups excluding carboxylic acids is 2. The SMILES string of the molecule is CCOC(=O)c1c(N)sc(/C=N/c2ccc(/N=C/c3sc(N)c(CC)c3C(=O)OCC)s2)c1CC. The summed E-state index contributed by atoms with van der Waals surface area (Å²) in [7, 11) is 0. The summed E-state index contributed by atoms with van der Waals surface area (Å²) < 4.78 is 10.3. The van der Waals surface area contributed by atoms with Crippen LogP contribution in [0.5, 0.6) is 0 Å². The molecule has 0 aromatic carbocycles. The van der Waals surface area contributed by atoms with Gasteiger partial charge in [-0.25, -0.2) is 19.6 Å². The number of thiophene rings is 3. The van der Waals surface area contributed by atoms with Crippen LogP contribution in [-0.4, -0.2) is 37.6 Å². The normalized spacial score (nSPS) is 11.5. The van der Waals surface area contributed by atoms with Crippen LogP contribution in [-0.2, 0) is 22.3 Å². The fourth-order valence-corrected chi connectivity index (χ4v) is 6.20. The largest absolute Gasteiger partial charge is 0.462 e. The van der Waals surface area contributed by atoms with Crippen LogP contribution in [0.4, 0.5) is 20.0 Å². The van der Waals surface area contributed by atoms with E-state index in [0.717, 1.165) is 26.0 Å². The molecule has 4 N–H and O–H groups in total. The van der Waals surface area contributed by atoms with Crippen LogP contribution in [0.15, 0.2) is 22.1 Å². The highest BCUT2D eigenvalue weighted by Crippen LogP contribution is 2.35. The van der Waals surface area contributed by atoms with Crippen LogP contribution in [0.1, 0.15) is 69.3 Å². The Hall–Kier alpha value is -3.02. The van der Waals surface area contributed by atoms with Crippen molar-refractivity contribution in [1.82, 2.24) is 0 Å². The van der Waals surface area contributed by atoms with Crippen molar-refractivity contribution in [3.05, 3.63) is 44.1 Å². The maximum absolute atomic E-state index is 12.5. The van der Waals surface area contributed by atoms with E-state index in [9.17, 15) is 9.59 Å². The van der Waals surface area contributed by atoms with E-state index in [1.807, 2.05) is 26.0 Å². The number of nitrogen functional groups attached to an aromatic ring is 2. The Balaban J connectivity index is 1.82. The Morgan fingerprint density at radius 1 is 0.771 bits per heavy atom. The van der Waals surface area contributed by atoms with Gasteiger partial charge in [-0.1, -0.05) is 25.2 Å². The number of rotatable bonds is 10. The number of esters is 2. The highest BCUT2D eigenvalue weighted by molar-refractivity contribution is 7.20. The number of nitrogens with zero attached hydrogens (tertiary/aromatic N) is 2. The monoisotopic (exact) mass is 532 g/mol. The molecule has 186 valence electrons. The lowest BCUT2D eigenvalue weighted by Gasteiger charge is -2.04. The second-order valence-corrected chi connectivity index (χ2v) is 10.4. The number of hydrogen-bond donors (Lipinski definition) is 2. The maximum atomic E-state index is 12.5. The molecule has 0 fully saturated rings. The topological polar surface area (TPSA) is 129 Å². The standard InChI is InChI=1S/C24H28N4O4S3/c1-5-13-15(33-22(26)20(13)24(30)32-8-4)11-27-17-9-10-18(35-17)28-12-16-19(23(29)31-7-3)14(6-2)21(25)34-16/h9-12H,5-8,25-26H2,1-4H3/b27-11+,28-12+. The minimum atomic E-state index is -0.409. The first kappa shape index (κ1) is 26.6. The van der Waals surface area contributed by atoms with E-state index >= 15 is 0 Å². The first-order valence-electron chi connectivity index (χ1n) is 11.2. The summed E-state index contributed by atoms with van der Waals surface area (Å²) in [5.74, 6) is -0.799. The molecule has 11 heteroatoms. The molecule has 0 saturated carbocycles. The number of ether oxygens (including phenoxy) is 2. The Kier molecular flexibility index (Phi) is 9.19. The van der Waals surface area contributed by atoms with Crippen LogP contribution < -0.4 is 11.5 Å². The highest BCUT2D eigenvalue weighted by Gasteiger charge is 2.22. The average Bonchev–Trinajstić information content (AvgIpc) is 3.50. The molecule has 8 nitrogen and oxygen atoms in total. The minimum absolute atomic E-state index is 0.289. The molecular formula is C24H28N4O4S3. The van der Waals surface area contributed by atoms with Gasteiger partial charge in [-0.15, -0.1) is 22.7 Å². The summed E-state index contributed by atoms with van der Waals surface area (Å²) in [5, 5.41) is 2.50. The molecule has 0 spiro atoms. The molecule has 0 aliphatic heterocycles. The van der Waals surface area contributed by atoms with Crippen molar-refractivity contribution >= 4 is 78.4 Å². The lowest BCUT2D eigenvalue weighted by molar-refractivity contribution is 0.0516. The molecule has 3 rings (SSSR count). The third kappa shape index (κ3) is 5.98. The summed E-state index contributed by atoms with van der Waals surface area (Å²) in [4.78, 5) is 35.3. The number of anilines is 2. The fraction of sp³-hybridized carbons (Fsp3) is 0.333. The van der Waals surface area contributed by atoms with E-state index in [1.54, 1.807) is 26.3 Å². The number of nitrogens with two attached hydrogens (primary N) is 2. The summed E-state index contributed by atoms with van der Waals surface area (Å²) in [6.07, 6.45) is 4.63. The van der Waals surface area contributed by atoms with Crippen molar-refractivity contribution in [3.8, 4) is 0 Å². The Labute approximate surface area is 216 Å². The fourth-order valence-electron chi connectivity index (χ4n) is 3.46. The Bertz CT molecular complexity index is 1270. The van der Waals surface area contributed by atoms with Gasteiger partial charge in [0.15, 0.2) is 0 Å². The van der Waals surface area contributed by atoms with E-state index in [2.05, 4.69) is 9.98 Å². The summed E-state index contributed by atoms with van der Waals surface area (Å²) >= 11 is 4.03. The second kappa shape index (κ2) is 12.1. The molecule has 0 radical (unpaired) electrons. The summed E-state index contributed by atoms with van der Waals surface area (Å²) in [6, 6.07) is 3.71. The highest BCUT2D eigenvalue weighted by atomic mass is 32.1. The van der Waals surface area contributed by atoms with E-state index in [0.29, 0.717) is 38.8 Å².